The van der Waals surface area contributed by atoms with Gasteiger partial charge >= 0.3 is 11.9 Å². The zero-order chi connectivity index (χ0) is 36.2. The molecule has 5 rings (SSSR count). The lowest BCUT2D eigenvalue weighted by Gasteiger charge is -2.44. The summed E-state index contributed by atoms with van der Waals surface area (Å²) in [6, 6.07) is 0. The van der Waals surface area contributed by atoms with Crippen molar-refractivity contribution in [1.82, 2.24) is 0 Å². The molecule has 6 bridgehead atoms. The topological polar surface area (TPSA) is 180 Å². The lowest BCUT2D eigenvalue weighted by molar-refractivity contribution is -0.316. The molecule has 0 aromatic heterocycles. The van der Waals surface area contributed by atoms with Gasteiger partial charge in [-0.2, -0.15) is 0 Å². The van der Waals surface area contributed by atoms with Gasteiger partial charge in [0.05, 0.1) is 42.7 Å². The molecule has 284 valence electrons. The molecule has 50 heavy (non-hydrogen) atoms. The van der Waals surface area contributed by atoms with Gasteiger partial charge in [-0.1, -0.05) is 45.1 Å². The molecule has 0 radical (unpaired) electrons. The number of allylic oxidation sites excluding steroid dienone is 3. The third kappa shape index (κ3) is 9.34. The van der Waals surface area contributed by atoms with E-state index in [2.05, 4.69) is 26.0 Å². The number of hydrogen-bond acceptors (Lipinski definition) is 13. The highest BCUT2D eigenvalue weighted by Crippen LogP contribution is 2.40. The lowest BCUT2D eigenvalue weighted by Crippen LogP contribution is -2.59. The monoisotopic (exact) mass is 710 g/mol. The Bertz CT molecular complexity index is 1190. The maximum Gasteiger partial charge on any atom is 0.342 e. The molecule has 13 nitrogen and oxygen atoms in total. The molecule has 0 amide bonds. The number of ether oxygens (including phenoxy) is 7. The van der Waals surface area contributed by atoms with Crippen LogP contribution in [0.1, 0.15) is 91.9 Å². The number of carbonyl (C=O) groups excluding carboxylic acids is 2. The largest absolute Gasteiger partial charge is 0.460 e. The average molecular weight is 711 g/mol. The minimum atomic E-state index is -2.15. The predicted molar refractivity (Wildman–Crippen MR) is 179 cm³/mol. The van der Waals surface area contributed by atoms with Gasteiger partial charge in [0.1, 0.15) is 30.5 Å². The smallest absolute Gasteiger partial charge is 0.342 e. The Hall–Kier alpha value is -1.94. The van der Waals surface area contributed by atoms with Crippen molar-refractivity contribution in [2.45, 2.75) is 177 Å². The minimum Gasteiger partial charge on any atom is -0.460 e. The molecule has 5 aliphatic heterocycles. The Labute approximate surface area is 295 Å². The summed E-state index contributed by atoms with van der Waals surface area (Å²) in [7, 11) is 1.42. The number of aliphatic hydroxyl groups is 4. The number of esters is 2. The van der Waals surface area contributed by atoms with Gasteiger partial charge in [-0.15, -0.1) is 0 Å². The summed E-state index contributed by atoms with van der Waals surface area (Å²) in [5, 5.41) is 44.2. The van der Waals surface area contributed by atoms with Crippen LogP contribution in [0.2, 0.25) is 0 Å². The number of rotatable bonds is 6. The van der Waals surface area contributed by atoms with Gasteiger partial charge in [0.25, 0.3) is 0 Å². The van der Waals surface area contributed by atoms with E-state index in [1.165, 1.54) is 7.11 Å². The first-order valence-corrected chi connectivity index (χ1v) is 18.5. The van der Waals surface area contributed by atoms with E-state index in [-0.39, 0.29) is 49.7 Å². The van der Waals surface area contributed by atoms with Gasteiger partial charge < -0.3 is 53.6 Å². The van der Waals surface area contributed by atoms with E-state index >= 15 is 0 Å². The van der Waals surface area contributed by atoms with Crippen molar-refractivity contribution in [2.24, 2.45) is 11.8 Å². The fraction of sp³-hybridized carbons (Fsp3) is 0.838. The third-order valence-corrected chi connectivity index (χ3v) is 10.9. The summed E-state index contributed by atoms with van der Waals surface area (Å²) in [6.07, 6.45) is 1.62. The molecule has 0 aromatic carbocycles. The fourth-order valence-electron chi connectivity index (χ4n) is 8.08. The lowest BCUT2D eigenvalue weighted by atomic mass is 9.85. The van der Waals surface area contributed by atoms with Crippen LogP contribution < -0.4 is 0 Å². The van der Waals surface area contributed by atoms with Gasteiger partial charge in [-0.25, -0.2) is 4.79 Å². The first-order chi connectivity index (χ1) is 23.8. The molecule has 4 fully saturated rings. The molecular formula is C37H58O13. The molecule has 16 atom stereocenters. The number of methoxy groups -OCH3 is 1. The highest BCUT2D eigenvalue weighted by molar-refractivity contribution is 5.83. The molecule has 0 unspecified atom stereocenters. The molecule has 0 saturated carbocycles. The summed E-state index contributed by atoms with van der Waals surface area (Å²) in [4.78, 5) is 26.3. The van der Waals surface area contributed by atoms with Gasteiger partial charge in [0.2, 0.25) is 5.60 Å². The number of carbonyl (C=O) groups is 2. The summed E-state index contributed by atoms with van der Waals surface area (Å²) >= 11 is 0. The van der Waals surface area contributed by atoms with Crippen molar-refractivity contribution < 1.29 is 63.2 Å². The van der Waals surface area contributed by atoms with E-state index in [1.54, 1.807) is 6.92 Å². The maximum atomic E-state index is 13.4. The zero-order valence-electron chi connectivity index (χ0n) is 30.0. The van der Waals surface area contributed by atoms with Gasteiger partial charge in [0, 0.05) is 45.6 Å². The van der Waals surface area contributed by atoms with Crippen LogP contribution in [0.3, 0.4) is 0 Å². The molecule has 5 heterocycles. The summed E-state index contributed by atoms with van der Waals surface area (Å²) in [5.41, 5.74) is -2.15. The van der Waals surface area contributed by atoms with Crippen molar-refractivity contribution >= 4 is 11.9 Å². The highest BCUT2D eigenvalue weighted by Gasteiger charge is 2.57. The van der Waals surface area contributed by atoms with Crippen LogP contribution in [0.15, 0.2) is 24.3 Å². The summed E-state index contributed by atoms with van der Waals surface area (Å²) < 4.78 is 42.2. The SMILES string of the molecule is CCCC(=O)O[C@@H]1C[C@H]2C[C@@H](O[C@@H]3O[C@@H](C)[C@@H](O)[C@@H](O)[C@H]3OC)C[C@@H](C[C@@H](C)/C=C/C=C\C[C@@H]3O[C@@H](C[C@@H]3C)[C@@H](O)C[C@H]3C[C@@]1(O)C(=O)O3)O2. The molecule has 0 aromatic rings. The van der Waals surface area contributed by atoms with E-state index in [1.807, 2.05) is 19.1 Å². The Balaban J connectivity index is 1.42. The van der Waals surface area contributed by atoms with E-state index in [0.29, 0.717) is 38.5 Å². The molecule has 13 heteroatoms. The first-order valence-electron chi connectivity index (χ1n) is 18.5. The second-order valence-electron chi connectivity index (χ2n) is 15.1. The predicted octanol–water partition coefficient (Wildman–Crippen LogP) is 2.64. The van der Waals surface area contributed by atoms with E-state index < -0.39 is 84.9 Å². The van der Waals surface area contributed by atoms with Crippen LogP contribution in [0.5, 0.6) is 0 Å². The highest BCUT2D eigenvalue weighted by atomic mass is 16.7. The molecular weight excluding hydrogens is 652 g/mol. The Morgan fingerprint density at radius 3 is 2.38 bits per heavy atom. The van der Waals surface area contributed by atoms with Crippen LogP contribution in [0, 0.1) is 11.8 Å². The summed E-state index contributed by atoms with van der Waals surface area (Å²) in [5.74, 6) is -1.12. The maximum absolute atomic E-state index is 13.4. The fourth-order valence-corrected chi connectivity index (χ4v) is 8.08. The van der Waals surface area contributed by atoms with Crippen LogP contribution in [0.4, 0.5) is 0 Å². The normalized spacial score (nSPS) is 47.2. The molecule has 0 aliphatic carbocycles. The number of fused-ring (bicyclic) bond motifs is 6. The van der Waals surface area contributed by atoms with Gasteiger partial charge in [-0.3, -0.25) is 4.79 Å². The van der Waals surface area contributed by atoms with Gasteiger partial charge in [-0.05, 0) is 44.4 Å². The summed E-state index contributed by atoms with van der Waals surface area (Å²) in [6.45, 7) is 7.67. The average Bonchev–Trinajstić information content (AvgIpc) is 3.57. The number of aliphatic hydroxyl groups excluding tert-OH is 3. The zero-order valence-corrected chi connectivity index (χ0v) is 30.0. The van der Waals surface area contributed by atoms with Crippen molar-refractivity contribution in [3.63, 3.8) is 0 Å². The van der Waals surface area contributed by atoms with E-state index in [4.69, 9.17) is 33.2 Å². The van der Waals surface area contributed by atoms with Crippen molar-refractivity contribution in [3.8, 4) is 0 Å². The van der Waals surface area contributed by atoms with Crippen LogP contribution in [0.25, 0.3) is 0 Å². The van der Waals surface area contributed by atoms with Crippen molar-refractivity contribution in [2.75, 3.05) is 7.11 Å². The second kappa shape index (κ2) is 17.3. The number of hydrogen-bond donors (Lipinski definition) is 4. The molecule has 0 spiro atoms. The van der Waals surface area contributed by atoms with Gasteiger partial charge in [0.15, 0.2) is 6.29 Å². The first kappa shape index (κ1) is 39.3. The Morgan fingerprint density at radius 2 is 1.66 bits per heavy atom. The molecule has 4 saturated heterocycles. The van der Waals surface area contributed by atoms with Crippen molar-refractivity contribution in [3.05, 3.63) is 24.3 Å². The van der Waals surface area contributed by atoms with E-state index in [0.717, 1.165) is 0 Å². The van der Waals surface area contributed by atoms with Crippen LogP contribution >= 0.6 is 0 Å². The third-order valence-electron chi connectivity index (χ3n) is 10.9. The Kier molecular flexibility index (Phi) is 13.6. The van der Waals surface area contributed by atoms with Crippen LogP contribution in [-0.4, -0.2) is 125 Å². The van der Waals surface area contributed by atoms with Crippen molar-refractivity contribution in [1.29, 1.82) is 0 Å². The van der Waals surface area contributed by atoms with Crippen LogP contribution in [-0.2, 0) is 42.7 Å². The molecule has 4 N–H and O–H groups in total. The Morgan fingerprint density at radius 1 is 0.920 bits per heavy atom. The molecule has 5 aliphatic rings. The van der Waals surface area contributed by atoms with E-state index in [9.17, 15) is 30.0 Å². The standard InChI is InChI=1S/C37H58O13/c1-6-10-31(39)50-30-18-25-16-24(47-35-34(44-5)33(41)32(40)22(4)45-35)15-23(46-25)13-20(2)11-8-7-9-12-28-21(3)14-29(49-28)27(38)17-26-19-37(30,43)36(42)48-26/h7-9,11,20-30,32-35,38,40-41,43H,6,10,12-19H2,1-5H3/b9-7-,11-8+/t20-,21-,22-,23+,24-,25+,26-,27-,28-,29-,30+,32+,33+,34+,35-,37-/m0/s1. The quantitative estimate of drug-likeness (QED) is 0.296. The minimum absolute atomic E-state index is 0.0124. The second-order valence-corrected chi connectivity index (χ2v) is 15.1.